The Morgan fingerprint density at radius 2 is 2.06 bits per heavy atom. The number of hydrogen-bond acceptors (Lipinski definition) is 3. The van der Waals surface area contributed by atoms with Gasteiger partial charge in [0.2, 0.25) is 0 Å². The second-order valence-electron chi connectivity index (χ2n) is 4.85. The van der Waals surface area contributed by atoms with Crippen molar-refractivity contribution in [2.45, 2.75) is 45.3 Å². The Bertz CT molecular complexity index is 326. The number of nitrogens with zero attached hydrogens (tertiary/aromatic N) is 3. The van der Waals surface area contributed by atoms with Crippen molar-refractivity contribution < 1.29 is 0 Å². The van der Waals surface area contributed by atoms with Gasteiger partial charge in [-0.1, -0.05) is 0 Å². The van der Waals surface area contributed by atoms with Crippen LogP contribution in [0, 0.1) is 0 Å². The summed E-state index contributed by atoms with van der Waals surface area (Å²) in [6.45, 7) is 7.77. The van der Waals surface area contributed by atoms with Crippen molar-refractivity contribution in [2.75, 3.05) is 13.1 Å². The number of hydrogen-bond donors (Lipinski definition) is 1. The van der Waals surface area contributed by atoms with Gasteiger partial charge in [0, 0.05) is 24.8 Å². The van der Waals surface area contributed by atoms with Crippen molar-refractivity contribution >= 4 is 0 Å². The Labute approximate surface area is 97.4 Å². The minimum atomic E-state index is 0.0632. The topological polar surface area (TPSA) is 47.1 Å². The van der Waals surface area contributed by atoms with Gasteiger partial charge in [-0.3, -0.25) is 4.90 Å². The summed E-state index contributed by atoms with van der Waals surface area (Å²) in [7, 11) is 0. The molecule has 4 nitrogen and oxygen atoms in total. The Kier molecular flexibility index (Phi) is 3.61. The highest BCUT2D eigenvalue weighted by Gasteiger charge is 2.19. The van der Waals surface area contributed by atoms with E-state index >= 15 is 0 Å². The predicted molar refractivity (Wildman–Crippen MR) is 65.1 cm³/mol. The molecule has 1 aromatic heterocycles. The molecule has 0 amide bonds. The van der Waals surface area contributed by atoms with Crippen LogP contribution in [-0.4, -0.2) is 33.6 Å². The lowest BCUT2D eigenvalue weighted by Gasteiger charge is -2.25. The summed E-state index contributed by atoms with van der Waals surface area (Å²) in [6.07, 6.45) is 6.45. The third kappa shape index (κ3) is 2.44. The summed E-state index contributed by atoms with van der Waals surface area (Å²) < 4.78 is 2.19. The average molecular weight is 222 g/mol. The minimum Gasteiger partial charge on any atom is -0.332 e. The van der Waals surface area contributed by atoms with Crippen LogP contribution in [0.4, 0.5) is 0 Å². The zero-order valence-electron chi connectivity index (χ0n) is 10.3. The molecule has 0 radical (unpaired) electrons. The van der Waals surface area contributed by atoms with Crippen LogP contribution < -0.4 is 5.73 Å². The molecule has 0 spiro atoms. The zero-order chi connectivity index (χ0) is 11.5. The zero-order valence-corrected chi connectivity index (χ0v) is 10.3. The maximum Gasteiger partial charge on any atom is 0.0949 e. The molecule has 1 aromatic rings. The Hall–Kier alpha value is -0.870. The third-order valence-corrected chi connectivity index (χ3v) is 3.44. The van der Waals surface area contributed by atoms with Gasteiger partial charge in [-0.2, -0.15) is 0 Å². The first-order chi connectivity index (χ1) is 7.68. The number of rotatable bonds is 4. The van der Waals surface area contributed by atoms with Gasteiger partial charge in [0.25, 0.3) is 0 Å². The Morgan fingerprint density at radius 3 is 2.69 bits per heavy atom. The first kappa shape index (κ1) is 11.6. The van der Waals surface area contributed by atoms with Crippen LogP contribution in [0.3, 0.4) is 0 Å². The molecule has 0 aliphatic carbocycles. The normalized spacial score (nSPS) is 21.2. The van der Waals surface area contributed by atoms with Crippen molar-refractivity contribution in [3.8, 4) is 0 Å². The predicted octanol–water partition coefficient (Wildman–Crippen LogP) is 1.39. The molecule has 0 aromatic carbocycles. The van der Waals surface area contributed by atoms with Crippen LogP contribution in [0.25, 0.3) is 0 Å². The van der Waals surface area contributed by atoms with Crippen LogP contribution in [0.1, 0.15) is 38.4 Å². The van der Waals surface area contributed by atoms with E-state index in [1.165, 1.54) is 25.9 Å². The molecule has 1 aliphatic heterocycles. The summed E-state index contributed by atoms with van der Waals surface area (Å²) in [4.78, 5) is 6.73. The maximum absolute atomic E-state index is 5.91. The number of likely N-dealkylation sites (tertiary alicyclic amines) is 1. The van der Waals surface area contributed by atoms with E-state index in [2.05, 4.69) is 21.4 Å². The highest BCUT2D eigenvalue weighted by atomic mass is 15.2. The van der Waals surface area contributed by atoms with E-state index in [1.54, 1.807) is 0 Å². The van der Waals surface area contributed by atoms with E-state index in [9.17, 15) is 0 Å². The second-order valence-corrected chi connectivity index (χ2v) is 4.85. The van der Waals surface area contributed by atoms with Gasteiger partial charge in [0.1, 0.15) is 0 Å². The fourth-order valence-corrected chi connectivity index (χ4v) is 2.45. The smallest absolute Gasteiger partial charge is 0.0949 e. The molecule has 1 unspecified atom stereocenters. The molecular weight excluding hydrogens is 200 g/mol. The lowest BCUT2D eigenvalue weighted by molar-refractivity contribution is 0.234. The highest BCUT2D eigenvalue weighted by Crippen LogP contribution is 2.15. The first-order valence-electron chi connectivity index (χ1n) is 6.18. The molecule has 2 atom stereocenters. The van der Waals surface area contributed by atoms with Gasteiger partial charge in [-0.05, 0) is 39.8 Å². The lowest BCUT2D eigenvalue weighted by Crippen LogP contribution is -2.34. The molecule has 90 valence electrons. The van der Waals surface area contributed by atoms with Crippen LogP contribution >= 0.6 is 0 Å². The molecular formula is C12H22N4. The van der Waals surface area contributed by atoms with Gasteiger partial charge < -0.3 is 10.3 Å². The van der Waals surface area contributed by atoms with E-state index in [-0.39, 0.29) is 6.04 Å². The number of aromatic nitrogens is 2. The summed E-state index contributed by atoms with van der Waals surface area (Å²) in [5.41, 5.74) is 7.04. The minimum absolute atomic E-state index is 0.0632. The Balaban J connectivity index is 1.99. The van der Waals surface area contributed by atoms with Crippen molar-refractivity contribution in [1.29, 1.82) is 0 Å². The Morgan fingerprint density at radius 1 is 1.38 bits per heavy atom. The van der Waals surface area contributed by atoms with E-state index in [4.69, 9.17) is 5.73 Å². The molecule has 0 saturated carbocycles. The first-order valence-corrected chi connectivity index (χ1v) is 6.18. The molecule has 1 saturated heterocycles. The summed E-state index contributed by atoms with van der Waals surface area (Å²) >= 11 is 0. The van der Waals surface area contributed by atoms with Crippen LogP contribution in [0.5, 0.6) is 0 Å². The molecule has 16 heavy (non-hydrogen) atoms. The summed E-state index contributed by atoms with van der Waals surface area (Å²) in [5, 5.41) is 0. The van der Waals surface area contributed by atoms with Gasteiger partial charge in [0.05, 0.1) is 12.0 Å². The molecule has 1 fully saturated rings. The van der Waals surface area contributed by atoms with E-state index < -0.39 is 0 Å². The quantitative estimate of drug-likeness (QED) is 0.837. The summed E-state index contributed by atoms with van der Waals surface area (Å²) in [5.74, 6) is 0. The molecule has 2 rings (SSSR count). The fraction of sp³-hybridized carbons (Fsp3) is 0.750. The lowest BCUT2D eigenvalue weighted by atomic mass is 10.2. The van der Waals surface area contributed by atoms with Crippen molar-refractivity contribution in [1.82, 2.24) is 14.5 Å². The van der Waals surface area contributed by atoms with Crippen molar-refractivity contribution in [3.05, 3.63) is 18.2 Å². The molecule has 0 bridgehead atoms. The highest BCUT2D eigenvalue weighted by molar-refractivity contribution is 5.03. The number of imidazole rings is 1. The van der Waals surface area contributed by atoms with Crippen molar-refractivity contribution in [2.24, 2.45) is 5.73 Å². The standard InChI is InChI=1S/C12H22N4/c1-10(15-5-3-4-6-15)8-16-9-14-7-12(16)11(2)13/h7,9-11H,3-6,8,13H2,1-2H3/t10?,11-/m0/s1. The monoisotopic (exact) mass is 222 g/mol. The largest absolute Gasteiger partial charge is 0.332 e. The third-order valence-electron chi connectivity index (χ3n) is 3.44. The van der Waals surface area contributed by atoms with Gasteiger partial charge in [-0.15, -0.1) is 0 Å². The van der Waals surface area contributed by atoms with E-state index in [0.717, 1.165) is 12.2 Å². The SMILES string of the molecule is CC(Cn1cncc1[C@H](C)N)N1CCCC1. The number of nitrogens with two attached hydrogens (primary N) is 1. The van der Waals surface area contributed by atoms with Gasteiger partial charge in [0.15, 0.2) is 0 Å². The van der Waals surface area contributed by atoms with Gasteiger partial charge in [-0.25, -0.2) is 4.98 Å². The average Bonchev–Trinajstić information content (AvgIpc) is 2.86. The van der Waals surface area contributed by atoms with E-state index in [0.29, 0.717) is 6.04 Å². The summed E-state index contributed by atoms with van der Waals surface area (Å²) in [6, 6.07) is 0.641. The molecule has 4 heteroatoms. The maximum atomic E-state index is 5.91. The van der Waals surface area contributed by atoms with Crippen LogP contribution in [0.15, 0.2) is 12.5 Å². The van der Waals surface area contributed by atoms with Crippen LogP contribution in [-0.2, 0) is 6.54 Å². The fourth-order valence-electron chi connectivity index (χ4n) is 2.45. The van der Waals surface area contributed by atoms with E-state index in [1.807, 2.05) is 19.4 Å². The molecule has 1 aliphatic rings. The molecule has 2 N–H and O–H groups in total. The molecule has 2 heterocycles. The van der Waals surface area contributed by atoms with Crippen LogP contribution in [0.2, 0.25) is 0 Å². The second kappa shape index (κ2) is 4.97. The van der Waals surface area contributed by atoms with Crippen molar-refractivity contribution in [3.63, 3.8) is 0 Å². The van der Waals surface area contributed by atoms with Gasteiger partial charge >= 0.3 is 0 Å².